The zero-order valence-electron chi connectivity index (χ0n) is 11.4. The fourth-order valence-electron chi connectivity index (χ4n) is 1.97. The quantitative estimate of drug-likeness (QED) is 0.635. The molecule has 0 fully saturated rings. The lowest BCUT2D eigenvalue weighted by Gasteiger charge is -2.17. The Morgan fingerprint density at radius 2 is 1.71 bits per heavy atom. The van der Waals surface area contributed by atoms with Crippen LogP contribution in [0.1, 0.15) is 17.2 Å². The van der Waals surface area contributed by atoms with Gasteiger partial charge in [-0.25, -0.2) is 0 Å². The van der Waals surface area contributed by atoms with Crippen molar-refractivity contribution in [3.63, 3.8) is 0 Å². The van der Waals surface area contributed by atoms with Gasteiger partial charge in [-0.2, -0.15) is 0 Å². The third kappa shape index (κ3) is 3.64. The Kier molecular flexibility index (Phi) is 5.76. The summed E-state index contributed by atoms with van der Waals surface area (Å²) in [4.78, 5) is 0. The first-order chi connectivity index (χ1) is 9.97. The maximum atomic E-state index is 10.6. The summed E-state index contributed by atoms with van der Waals surface area (Å²) in [5.74, 6) is 1.05. The molecule has 0 bridgehead atoms. The van der Waals surface area contributed by atoms with Crippen molar-refractivity contribution in [1.29, 1.82) is 0 Å². The minimum atomic E-state index is -0.860. The van der Waals surface area contributed by atoms with E-state index in [1.54, 1.807) is 26.4 Å². The van der Waals surface area contributed by atoms with Crippen LogP contribution in [0.4, 0.5) is 0 Å². The molecule has 112 valence electrons. The van der Waals surface area contributed by atoms with Gasteiger partial charge in [-0.15, -0.1) is 0 Å². The molecule has 0 saturated carbocycles. The molecule has 0 radical (unpaired) electrons. The van der Waals surface area contributed by atoms with E-state index < -0.39 is 6.10 Å². The van der Waals surface area contributed by atoms with Gasteiger partial charge in [0.05, 0.1) is 19.2 Å². The molecule has 6 heteroatoms. The van der Waals surface area contributed by atoms with Crippen molar-refractivity contribution in [1.82, 2.24) is 0 Å². The molecule has 2 aromatic carbocycles. The van der Waals surface area contributed by atoms with Crippen molar-refractivity contribution in [3.8, 4) is 11.5 Å². The normalized spacial score (nSPS) is 12.1. The predicted molar refractivity (Wildman–Crippen MR) is 95.5 cm³/mol. The molecule has 0 aliphatic heterocycles. The second-order valence-electron chi connectivity index (χ2n) is 4.30. The molecule has 2 rings (SSSR count). The molecule has 3 nitrogen and oxygen atoms in total. The fourth-order valence-corrected chi connectivity index (χ4v) is 3.21. The van der Waals surface area contributed by atoms with Gasteiger partial charge in [0.25, 0.3) is 0 Å². The number of methoxy groups -OCH3 is 2. The smallest absolute Gasteiger partial charge is 0.162 e. The van der Waals surface area contributed by atoms with Crippen molar-refractivity contribution in [2.24, 2.45) is 0 Å². The molecule has 0 aromatic heterocycles. The van der Waals surface area contributed by atoms with Crippen molar-refractivity contribution in [3.05, 3.63) is 54.5 Å². The van der Waals surface area contributed by atoms with E-state index in [2.05, 4.69) is 38.5 Å². The zero-order valence-corrected chi connectivity index (χ0v) is 15.9. The van der Waals surface area contributed by atoms with E-state index in [1.165, 1.54) is 0 Å². The number of hydrogen-bond donors (Lipinski definition) is 1. The van der Waals surface area contributed by atoms with Crippen LogP contribution in [-0.4, -0.2) is 19.3 Å². The second kappa shape index (κ2) is 7.17. The Morgan fingerprint density at radius 3 is 2.33 bits per heavy atom. The molecule has 21 heavy (non-hydrogen) atoms. The summed E-state index contributed by atoms with van der Waals surface area (Å²) in [5, 5.41) is 11.1. The average Bonchev–Trinajstić information content (AvgIpc) is 2.48. The lowest BCUT2D eigenvalue weighted by molar-refractivity contribution is 0.218. The topological polar surface area (TPSA) is 38.7 Å². The highest BCUT2D eigenvalue weighted by atomic mass is 127. The summed E-state index contributed by atoms with van der Waals surface area (Å²) in [5.41, 5.74) is 1.31. The summed E-state index contributed by atoms with van der Waals surface area (Å²) < 4.78 is 12.3. The first-order valence-corrected chi connectivity index (χ1v) is 8.27. The van der Waals surface area contributed by atoms with Gasteiger partial charge >= 0.3 is 0 Å². The second-order valence-corrected chi connectivity index (χ2v) is 6.80. The zero-order chi connectivity index (χ0) is 15.6. The van der Waals surface area contributed by atoms with E-state index in [4.69, 9.17) is 21.1 Å². The molecule has 0 amide bonds. The van der Waals surface area contributed by atoms with Crippen LogP contribution in [0.15, 0.2) is 34.8 Å². The van der Waals surface area contributed by atoms with Crippen LogP contribution in [0.2, 0.25) is 5.02 Å². The van der Waals surface area contributed by atoms with Crippen LogP contribution in [0.3, 0.4) is 0 Å². The van der Waals surface area contributed by atoms with Gasteiger partial charge in [0.15, 0.2) is 11.5 Å². The van der Waals surface area contributed by atoms with Crippen molar-refractivity contribution >= 4 is 50.1 Å². The van der Waals surface area contributed by atoms with Gasteiger partial charge in [-0.1, -0.05) is 27.5 Å². The molecular weight excluding hydrogens is 470 g/mol. The number of halogens is 3. The largest absolute Gasteiger partial charge is 0.493 e. The third-order valence-corrected chi connectivity index (χ3v) is 4.77. The average molecular weight is 484 g/mol. The van der Waals surface area contributed by atoms with Crippen molar-refractivity contribution in [2.45, 2.75) is 6.10 Å². The van der Waals surface area contributed by atoms with Crippen LogP contribution < -0.4 is 9.47 Å². The van der Waals surface area contributed by atoms with Gasteiger partial charge in [0.1, 0.15) is 6.10 Å². The van der Waals surface area contributed by atoms with E-state index in [0.29, 0.717) is 22.1 Å². The first-order valence-electron chi connectivity index (χ1n) is 6.02. The number of benzene rings is 2. The minimum Gasteiger partial charge on any atom is -0.493 e. The van der Waals surface area contributed by atoms with Crippen molar-refractivity contribution in [2.75, 3.05) is 14.2 Å². The van der Waals surface area contributed by atoms with Gasteiger partial charge in [0.2, 0.25) is 0 Å². The molecule has 0 saturated heterocycles. The summed E-state index contributed by atoms with van der Waals surface area (Å²) in [7, 11) is 3.09. The molecule has 0 aliphatic carbocycles. The Morgan fingerprint density at radius 1 is 1.10 bits per heavy atom. The van der Waals surface area contributed by atoms with E-state index >= 15 is 0 Å². The fraction of sp³-hybridized carbons (Fsp3) is 0.200. The third-order valence-electron chi connectivity index (χ3n) is 3.05. The number of hydrogen-bond acceptors (Lipinski definition) is 3. The van der Waals surface area contributed by atoms with Gasteiger partial charge in [0, 0.05) is 25.2 Å². The number of ether oxygens (including phenoxy) is 2. The van der Waals surface area contributed by atoms with Gasteiger partial charge < -0.3 is 14.6 Å². The van der Waals surface area contributed by atoms with Crippen molar-refractivity contribution < 1.29 is 14.6 Å². The summed E-state index contributed by atoms with van der Waals surface area (Å²) in [6.07, 6.45) is -0.860. The predicted octanol–water partition coefficient (Wildman–Crippen LogP) is 4.81. The van der Waals surface area contributed by atoms with E-state index in [9.17, 15) is 5.11 Å². The highest BCUT2D eigenvalue weighted by molar-refractivity contribution is 14.1. The molecule has 1 atom stereocenters. The summed E-state index contributed by atoms with van der Waals surface area (Å²) in [6.45, 7) is 0. The van der Waals surface area contributed by atoms with Gasteiger partial charge in [-0.3, -0.25) is 0 Å². The van der Waals surface area contributed by atoms with Crippen LogP contribution in [0, 0.1) is 3.57 Å². The standard InChI is InChI=1S/C15H13BrClIO3/c1-20-13-6-10(12(17)7-14(13)21-2)15(19)9-5-8(18)3-4-11(9)16/h3-7,15,19H,1-2H3. The lowest BCUT2D eigenvalue weighted by Crippen LogP contribution is -2.03. The van der Waals surface area contributed by atoms with Crippen LogP contribution in [0.25, 0.3) is 0 Å². The monoisotopic (exact) mass is 482 g/mol. The maximum Gasteiger partial charge on any atom is 0.162 e. The Balaban J connectivity index is 2.52. The van der Waals surface area contributed by atoms with Crippen LogP contribution in [-0.2, 0) is 0 Å². The molecule has 0 heterocycles. The highest BCUT2D eigenvalue weighted by Crippen LogP contribution is 2.39. The number of aliphatic hydroxyl groups excluding tert-OH is 1. The van der Waals surface area contributed by atoms with Crippen LogP contribution in [0.5, 0.6) is 11.5 Å². The van der Waals surface area contributed by atoms with E-state index in [-0.39, 0.29) is 0 Å². The molecular formula is C15H13BrClIO3. The molecule has 0 aliphatic rings. The number of rotatable bonds is 4. The van der Waals surface area contributed by atoms with Crippen LogP contribution >= 0.6 is 50.1 Å². The first kappa shape index (κ1) is 16.9. The maximum absolute atomic E-state index is 10.6. The lowest BCUT2D eigenvalue weighted by atomic mass is 10.0. The molecule has 1 unspecified atom stereocenters. The van der Waals surface area contributed by atoms with E-state index in [0.717, 1.165) is 13.6 Å². The minimum absolute atomic E-state index is 0.422. The molecule has 1 N–H and O–H groups in total. The Bertz CT molecular complexity index is 664. The Hall–Kier alpha value is -0.500. The number of aliphatic hydroxyl groups is 1. The Labute approximate surface area is 150 Å². The molecule has 2 aromatic rings. The SMILES string of the molecule is COc1cc(Cl)c(C(O)c2cc(I)ccc2Br)cc1OC. The summed E-state index contributed by atoms with van der Waals surface area (Å²) in [6, 6.07) is 9.09. The van der Waals surface area contributed by atoms with Gasteiger partial charge in [-0.05, 0) is 46.9 Å². The molecule has 0 spiro atoms. The van der Waals surface area contributed by atoms with E-state index in [1.807, 2.05) is 18.2 Å². The highest BCUT2D eigenvalue weighted by Gasteiger charge is 2.20. The summed E-state index contributed by atoms with van der Waals surface area (Å²) >= 11 is 11.9.